The van der Waals surface area contributed by atoms with Crippen LogP contribution < -0.4 is 4.74 Å². The van der Waals surface area contributed by atoms with Crippen LogP contribution in [0.2, 0.25) is 0 Å². The van der Waals surface area contributed by atoms with Crippen molar-refractivity contribution in [3.63, 3.8) is 0 Å². The van der Waals surface area contributed by atoms with Crippen molar-refractivity contribution in [3.05, 3.63) is 99.9 Å². The molecule has 3 aromatic rings. The highest BCUT2D eigenvalue weighted by Crippen LogP contribution is 2.50. The Kier molecular flexibility index (Phi) is 4.70. The Bertz CT molecular complexity index is 1300. The second-order valence-electron chi connectivity index (χ2n) is 8.07. The first kappa shape index (κ1) is 21.1. The second kappa shape index (κ2) is 7.37. The summed E-state index contributed by atoms with van der Waals surface area (Å²) in [5, 5.41) is 0. The number of carbonyl (C=O) groups excluding carboxylic acids is 2. The van der Waals surface area contributed by atoms with E-state index < -0.39 is 29.0 Å². The molecule has 2 amide bonds. The number of benzene rings is 3. The molecule has 5 rings (SSSR count). The summed E-state index contributed by atoms with van der Waals surface area (Å²) in [4.78, 5) is 29.9. The number of aryl methyl sites for hydroxylation is 1. The van der Waals surface area contributed by atoms with E-state index in [4.69, 9.17) is 4.74 Å². The number of fused-ring (bicyclic) bond motifs is 3. The zero-order chi connectivity index (χ0) is 23.5. The molecule has 2 aliphatic heterocycles. The Labute approximate surface area is 188 Å². The molecule has 168 valence electrons. The van der Waals surface area contributed by atoms with Crippen LogP contribution in [0, 0.1) is 24.4 Å². The molecule has 0 saturated carbocycles. The molecule has 0 bridgehead atoms. The van der Waals surface area contributed by atoms with Crippen LogP contribution in [0.5, 0.6) is 5.75 Å². The molecule has 8 heteroatoms. The first-order chi connectivity index (χ1) is 15.8. The highest BCUT2D eigenvalue weighted by Gasteiger charge is 2.59. The van der Waals surface area contributed by atoms with Crippen molar-refractivity contribution < 1.29 is 27.5 Å². The predicted octanol–water partition coefficient (Wildman–Crippen LogP) is 4.23. The Morgan fingerprint density at radius 2 is 1.70 bits per heavy atom. The van der Waals surface area contributed by atoms with Crippen LogP contribution in [0.25, 0.3) is 0 Å². The van der Waals surface area contributed by atoms with Gasteiger partial charge in [0.25, 0.3) is 11.8 Å². The predicted molar refractivity (Wildman–Crippen MR) is 113 cm³/mol. The fraction of sp³-hybridized carbons (Fsp3) is 0.200. The number of methoxy groups -OCH3 is 1. The zero-order valence-corrected chi connectivity index (χ0v) is 17.9. The molecule has 5 nitrogen and oxygen atoms in total. The standard InChI is InChI=1S/C25H19F3N2O3/c1-14-11-16(7-8-21(14)33-2)25-18-6-4-3-5-17(18)24(32)30(25)10-9-29(25)23(31)15-12-19(26)22(28)20(27)13-15/h3-8,11-13H,9-10H2,1-2H3/t25-/m1/s1. The van der Waals surface area contributed by atoms with E-state index in [-0.39, 0.29) is 24.6 Å². The van der Waals surface area contributed by atoms with E-state index in [2.05, 4.69) is 0 Å². The molecule has 3 aromatic carbocycles. The number of nitrogens with zero attached hydrogens (tertiary/aromatic N) is 2. The molecule has 2 aliphatic rings. The Balaban J connectivity index is 1.75. The van der Waals surface area contributed by atoms with E-state index in [0.29, 0.717) is 34.6 Å². The van der Waals surface area contributed by atoms with Crippen LogP contribution >= 0.6 is 0 Å². The van der Waals surface area contributed by atoms with Crippen molar-refractivity contribution in [2.45, 2.75) is 12.6 Å². The van der Waals surface area contributed by atoms with E-state index in [1.165, 1.54) is 4.90 Å². The maximum Gasteiger partial charge on any atom is 0.256 e. The average Bonchev–Trinajstić information content (AvgIpc) is 3.32. The van der Waals surface area contributed by atoms with Gasteiger partial charge < -0.3 is 14.5 Å². The highest BCUT2D eigenvalue weighted by atomic mass is 19.2. The van der Waals surface area contributed by atoms with Gasteiger partial charge in [-0.1, -0.05) is 24.3 Å². The van der Waals surface area contributed by atoms with Gasteiger partial charge in [0, 0.05) is 35.3 Å². The van der Waals surface area contributed by atoms with Crippen molar-refractivity contribution in [3.8, 4) is 5.75 Å². The van der Waals surface area contributed by atoms with Gasteiger partial charge in [0.05, 0.1) is 7.11 Å². The summed E-state index contributed by atoms with van der Waals surface area (Å²) >= 11 is 0. The lowest BCUT2D eigenvalue weighted by atomic mass is 9.88. The minimum atomic E-state index is -1.64. The van der Waals surface area contributed by atoms with Crippen molar-refractivity contribution >= 4 is 11.8 Å². The first-order valence-electron chi connectivity index (χ1n) is 10.3. The summed E-state index contributed by atoms with van der Waals surface area (Å²) < 4.78 is 46.8. The molecule has 0 unspecified atom stereocenters. The van der Waals surface area contributed by atoms with Gasteiger partial charge in [-0.05, 0) is 42.8 Å². The maximum atomic E-state index is 13.9. The van der Waals surface area contributed by atoms with Crippen molar-refractivity contribution in [2.75, 3.05) is 20.2 Å². The molecule has 1 fully saturated rings. The van der Waals surface area contributed by atoms with Crippen LogP contribution in [0.15, 0.2) is 54.6 Å². The Hall–Kier alpha value is -3.81. The van der Waals surface area contributed by atoms with Gasteiger partial charge in [-0.15, -0.1) is 0 Å². The smallest absolute Gasteiger partial charge is 0.256 e. The fourth-order valence-electron chi connectivity index (χ4n) is 4.97. The van der Waals surface area contributed by atoms with Crippen LogP contribution in [-0.2, 0) is 5.66 Å². The van der Waals surface area contributed by atoms with E-state index in [9.17, 15) is 22.8 Å². The largest absolute Gasteiger partial charge is 0.496 e. The lowest BCUT2D eigenvalue weighted by Crippen LogP contribution is -2.51. The topological polar surface area (TPSA) is 49.9 Å². The molecular weight excluding hydrogens is 433 g/mol. The van der Waals surface area contributed by atoms with E-state index in [1.807, 2.05) is 13.0 Å². The fourth-order valence-corrected chi connectivity index (χ4v) is 4.97. The number of ether oxygens (including phenoxy) is 1. The third-order valence-electron chi connectivity index (χ3n) is 6.38. The summed E-state index contributed by atoms with van der Waals surface area (Å²) in [6.45, 7) is 2.19. The van der Waals surface area contributed by atoms with Crippen LogP contribution in [0.3, 0.4) is 0 Å². The van der Waals surface area contributed by atoms with Crippen LogP contribution in [0.1, 0.15) is 37.4 Å². The van der Waals surface area contributed by atoms with Crippen molar-refractivity contribution in [1.82, 2.24) is 9.80 Å². The summed E-state index contributed by atoms with van der Waals surface area (Å²) in [5.74, 6) is -4.87. The first-order valence-corrected chi connectivity index (χ1v) is 10.3. The van der Waals surface area contributed by atoms with Crippen molar-refractivity contribution in [2.24, 2.45) is 0 Å². The third kappa shape index (κ3) is 2.79. The number of halogens is 3. The number of carbonyl (C=O) groups is 2. The zero-order valence-electron chi connectivity index (χ0n) is 17.9. The molecule has 0 aliphatic carbocycles. The Morgan fingerprint density at radius 3 is 2.36 bits per heavy atom. The van der Waals surface area contributed by atoms with E-state index in [0.717, 1.165) is 5.56 Å². The van der Waals surface area contributed by atoms with Gasteiger partial charge in [0.15, 0.2) is 23.1 Å². The molecule has 0 radical (unpaired) electrons. The van der Waals surface area contributed by atoms with Gasteiger partial charge in [0.2, 0.25) is 0 Å². The van der Waals surface area contributed by atoms with Gasteiger partial charge in [-0.3, -0.25) is 9.59 Å². The highest BCUT2D eigenvalue weighted by molar-refractivity contribution is 6.03. The van der Waals surface area contributed by atoms with Crippen molar-refractivity contribution in [1.29, 1.82) is 0 Å². The SMILES string of the molecule is COc1ccc([C@]23c4ccccc4C(=O)N2CCN3C(=O)c2cc(F)c(F)c(F)c2)cc1C. The molecule has 1 atom stereocenters. The monoisotopic (exact) mass is 452 g/mol. The van der Waals surface area contributed by atoms with E-state index in [1.54, 1.807) is 48.4 Å². The summed E-state index contributed by atoms with van der Waals surface area (Å²) in [5.41, 5.74) is 0.804. The average molecular weight is 452 g/mol. The van der Waals surface area contributed by atoms with Crippen LogP contribution in [0.4, 0.5) is 13.2 Å². The van der Waals surface area contributed by atoms with Gasteiger partial charge >= 0.3 is 0 Å². The molecule has 1 saturated heterocycles. The normalized spacial score (nSPS) is 19.0. The summed E-state index contributed by atoms with van der Waals surface area (Å²) in [7, 11) is 1.55. The minimum Gasteiger partial charge on any atom is -0.496 e. The summed E-state index contributed by atoms with van der Waals surface area (Å²) in [6.07, 6.45) is 0. The van der Waals surface area contributed by atoms with Gasteiger partial charge in [-0.25, -0.2) is 13.2 Å². The number of hydrogen-bond donors (Lipinski definition) is 0. The number of amides is 2. The molecule has 2 heterocycles. The summed E-state index contributed by atoms with van der Waals surface area (Å²) in [6, 6.07) is 13.7. The second-order valence-corrected chi connectivity index (χ2v) is 8.07. The number of rotatable bonds is 3. The Morgan fingerprint density at radius 1 is 1.00 bits per heavy atom. The lowest BCUT2D eigenvalue weighted by Gasteiger charge is -2.40. The minimum absolute atomic E-state index is 0.130. The molecular formula is C25H19F3N2O3. The quantitative estimate of drug-likeness (QED) is 0.559. The molecule has 33 heavy (non-hydrogen) atoms. The van der Waals surface area contributed by atoms with Gasteiger partial charge in [-0.2, -0.15) is 0 Å². The molecule has 0 N–H and O–H groups in total. The van der Waals surface area contributed by atoms with E-state index >= 15 is 0 Å². The number of hydrogen-bond acceptors (Lipinski definition) is 3. The van der Waals surface area contributed by atoms with Gasteiger partial charge in [0.1, 0.15) is 5.75 Å². The third-order valence-corrected chi connectivity index (χ3v) is 6.38. The molecule has 0 spiro atoms. The molecule has 0 aromatic heterocycles. The maximum absolute atomic E-state index is 13.9. The lowest BCUT2D eigenvalue weighted by molar-refractivity contribution is 0.0374. The van der Waals surface area contributed by atoms with Crippen LogP contribution in [-0.4, -0.2) is 41.8 Å².